The van der Waals surface area contributed by atoms with Crippen molar-refractivity contribution in [3.63, 3.8) is 0 Å². The average Bonchev–Trinajstić information content (AvgIpc) is 2.84. The van der Waals surface area contributed by atoms with Crippen LogP contribution in [-0.4, -0.2) is 41.7 Å². The Morgan fingerprint density at radius 1 is 1.31 bits per heavy atom. The third kappa shape index (κ3) is 6.19. The molecule has 1 aromatic heterocycles. The van der Waals surface area contributed by atoms with E-state index in [1.165, 1.54) is 12.1 Å². The highest BCUT2D eigenvalue weighted by atomic mass is 35.5. The van der Waals surface area contributed by atoms with Gasteiger partial charge in [0.1, 0.15) is 23.1 Å². The second kappa shape index (κ2) is 10.9. The first kappa shape index (κ1) is 27.5. The summed E-state index contributed by atoms with van der Waals surface area (Å²) >= 11 is 5.94. The molecule has 1 aromatic carbocycles. The van der Waals surface area contributed by atoms with Crippen LogP contribution in [0.2, 0.25) is 5.02 Å². The molecule has 1 amide bonds. The number of hydrogen-bond donors (Lipinski definition) is 2. The zero-order valence-corrected chi connectivity index (χ0v) is 19.5. The van der Waals surface area contributed by atoms with E-state index in [2.05, 4.69) is 20.0 Å². The number of aromatic nitrogens is 1. The quantitative estimate of drug-likeness (QED) is 0.480. The maximum Gasteiger partial charge on any atom is 0.424 e. The molecule has 0 aliphatic carbocycles. The number of amidine groups is 1. The average molecular weight is 539 g/mol. The van der Waals surface area contributed by atoms with E-state index in [-0.39, 0.29) is 47.2 Å². The molecule has 0 radical (unpaired) electrons. The molecule has 0 saturated heterocycles. The van der Waals surface area contributed by atoms with Gasteiger partial charge in [-0.2, -0.15) is 22.0 Å². The van der Waals surface area contributed by atoms with Crippen molar-refractivity contribution in [1.29, 1.82) is 0 Å². The van der Waals surface area contributed by atoms with Crippen molar-refractivity contribution in [1.82, 2.24) is 4.98 Å². The largest absolute Gasteiger partial charge is 0.433 e. The zero-order valence-electron chi connectivity index (χ0n) is 18.7. The number of benzene rings is 1. The van der Waals surface area contributed by atoms with Gasteiger partial charge in [-0.05, 0) is 44.4 Å². The highest BCUT2D eigenvalue weighted by Gasteiger charge is 2.56. The Labute approximate surface area is 206 Å². The molecule has 3 rings (SSSR count). The molecule has 0 saturated carbocycles. The summed E-state index contributed by atoms with van der Waals surface area (Å²) in [5.74, 6) is -2.83. The van der Waals surface area contributed by atoms with Crippen molar-refractivity contribution < 1.29 is 40.6 Å². The van der Waals surface area contributed by atoms with E-state index >= 15 is 0 Å². The second-order valence-electron chi connectivity index (χ2n) is 7.98. The molecular formula is C22H21ClF6N4O3. The molecule has 36 heavy (non-hydrogen) atoms. The van der Waals surface area contributed by atoms with Crippen LogP contribution in [0.15, 0.2) is 35.5 Å². The number of hydrogen-bond acceptors (Lipinski definition) is 6. The number of ether oxygens (including phenoxy) is 2. The van der Waals surface area contributed by atoms with E-state index in [4.69, 9.17) is 22.1 Å². The standard InChI is InChI=1S/C22H21ClF6N4O3/c1-21(22(27,28)29)19(30)33-16(4-2-3-7-35-21)13-8-11(5-6-15(13)24)32-18(34)17-14(23)9-12(10-31-17)36-20(25)26/h5-6,8-10,16,20H,2-4,7H2,1H3,(H2,30,33)(H,32,34)/t16?,21-/m1/s1. The second-order valence-corrected chi connectivity index (χ2v) is 8.38. The van der Waals surface area contributed by atoms with E-state index in [0.29, 0.717) is 6.42 Å². The van der Waals surface area contributed by atoms with Gasteiger partial charge < -0.3 is 20.5 Å². The number of nitrogens with two attached hydrogens (primary N) is 1. The van der Waals surface area contributed by atoms with E-state index in [1.54, 1.807) is 0 Å². The van der Waals surface area contributed by atoms with Crippen LogP contribution in [0.4, 0.5) is 32.0 Å². The molecule has 1 unspecified atom stereocenters. The molecule has 196 valence electrons. The molecule has 0 bridgehead atoms. The van der Waals surface area contributed by atoms with Gasteiger partial charge in [-0.1, -0.05) is 11.6 Å². The van der Waals surface area contributed by atoms with E-state index in [9.17, 15) is 31.1 Å². The maximum atomic E-state index is 14.7. The molecule has 7 nitrogen and oxygen atoms in total. The molecule has 3 N–H and O–H groups in total. The Morgan fingerprint density at radius 2 is 2.03 bits per heavy atom. The fraction of sp³-hybridized carbons (Fsp3) is 0.409. The van der Waals surface area contributed by atoms with Crippen molar-refractivity contribution in [3.8, 4) is 5.75 Å². The van der Waals surface area contributed by atoms with Crippen LogP contribution in [0.5, 0.6) is 5.75 Å². The molecular weight excluding hydrogens is 518 g/mol. The third-order valence-corrected chi connectivity index (χ3v) is 5.74. The minimum absolute atomic E-state index is 0.0608. The number of carbonyl (C=O) groups is 1. The molecule has 1 aliphatic heterocycles. The maximum absolute atomic E-state index is 14.7. The monoisotopic (exact) mass is 538 g/mol. The van der Waals surface area contributed by atoms with Gasteiger partial charge in [0.05, 0.1) is 17.3 Å². The number of alkyl halides is 5. The minimum atomic E-state index is -4.86. The van der Waals surface area contributed by atoms with E-state index in [0.717, 1.165) is 25.3 Å². The summed E-state index contributed by atoms with van der Waals surface area (Å²) in [5.41, 5.74) is 2.49. The number of nitrogens with one attached hydrogen (secondary N) is 1. The van der Waals surface area contributed by atoms with Crippen LogP contribution in [0.25, 0.3) is 0 Å². The molecule has 1 aliphatic rings. The van der Waals surface area contributed by atoms with Crippen molar-refractivity contribution in [2.75, 3.05) is 11.9 Å². The zero-order chi connectivity index (χ0) is 26.7. The fourth-order valence-corrected chi connectivity index (χ4v) is 3.66. The summed E-state index contributed by atoms with van der Waals surface area (Å²) in [4.78, 5) is 20.3. The van der Waals surface area contributed by atoms with Gasteiger partial charge in [-0.25, -0.2) is 9.37 Å². The van der Waals surface area contributed by atoms with Crippen LogP contribution in [0.1, 0.15) is 48.3 Å². The van der Waals surface area contributed by atoms with Gasteiger partial charge in [-0.3, -0.25) is 9.79 Å². The summed E-state index contributed by atoms with van der Waals surface area (Å²) in [5, 5.41) is 2.15. The first-order chi connectivity index (χ1) is 16.8. The van der Waals surface area contributed by atoms with Gasteiger partial charge in [0.15, 0.2) is 0 Å². The Kier molecular flexibility index (Phi) is 8.34. The molecule has 2 atom stereocenters. The summed E-state index contributed by atoms with van der Waals surface area (Å²) in [6.45, 7) is -2.57. The molecule has 14 heteroatoms. The Morgan fingerprint density at radius 3 is 2.67 bits per heavy atom. The normalized spacial score (nSPS) is 21.2. The van der Waals surface area contributed by atoms with Gasteiger partial charge in [0, 0.05) is 23.9 Å². The molecule has 0 spiro atoms. The summed E-state index contributed by atoms with van der Waals surface area (Å²) < 4.78 is 89.5. The number of nitrogens with zero attached hydrogens (tertiary/aromatic N) is 2. The lowest BCUT2D eigenvalue weighted by Crippen LogP contribution is -2.55. The van der Waals surface area contributed by atoms with Crippen LogP contribution >= 0.6 is 11.6 Å². The SMILES string of the molecule is C[C@@]1(C(F)(F)F)OCCCCC(c2cc(NC(=O)c3ncc(OC(F)F)cc3Cl)ccc2F)N=C1N. The molecule has 0 fully saturated rings. The summed E-state index contributed by atoms with van der Waals surface area (Å²) in [6, 6.07) is 3.32. The highest BCUT2D eigenvalue weighted by Crippen LogP contribution is 2.37. The van der Waals surface area contributed by atoms with Crippen LogP contribution in [-0.2, 0) is 4.74 Å². The Hall–Kier alpha value is -3.06. The first-order valence-electron chi connectivity index (χ1n) is 10.6. The first-order valence-corrected chi connectivity index (χ1v) is 10.9. The van der Waals surface area contributed by atoms with Crippen molar-refractivity contribution >= 4 is 29.0 Å². The van der Waals surface area contributed by atoms with Crippen LogP contribution in [0.3, 0.4) is 0 Å². The number of aliphatic imine (C=N–C) groups is 1. The number of carbonyl (C=O) groups excluding carboxylic acids is 1. The lowest BCUT2D eigenvalue weighted by molar-refractivity contribution is -0.241. The number of halogens is 7. The highest BCUT2D eigenvalue weighted by molar-refractivity contribution is 6.34. The topological polar surface area (TPSA) is 98.8 Å². The smallest absolute Gasteiger partial charge is 0.424 e. The fourth-order valence-electron chi connectivity index (χ4n) is 3.42. The lowest BCUT2D eigenvalue weighted by atomic mass is 9.99. The molecule has 2 heterocycles. The Balaban J connectivity index is 1.89. The van der Waals surface area contributed by atoms with Crippen LogP contribution in [0, 0.1) is 5.82 Å². The third-order valence-electron chi connectivity index (χ3n) is 5.46. The van der Waals surface area contributed by atoms with Gasteiger partial charge in [-0.15, -0.1) is 0 Å². The Bertz CT molecular complexity index is 1150. The number of pyridine rings is 1. The predicted molar refractivity (Wildman–Crippen MR) is 119 cm³/mol. The number of amides is 1. The van der Waals surface area contributed by atoms with Gasteiger partial charge >= 0.3 is 12.8 Å². The summed E-state index contributed by atoms with van der Waals surface area (Å²) in [7, 11) is 0. The van der Waals surface area contributed by atoms with Crippen LogP contribution < -0.4 is 15.8 Å². The van der Waals surface area contributed by atoms with Crippen molar-refractivity contribution in [2.45, 2.75) is 50.6 Å². The number of rotatable bonds is 5. The van der Waals surface area contributed by atoms with Crippen molar-refractivity contribution in [3.05, 3.63) is 52.6 Å². The van der Waals surface area contributed by atoms with Crippen molar-refractivity contribution in [2.24, 2.45) is 10.7 Å². The number of anilines is 1. The van der Waals surface area contributed by atoms with E-state index in [1.807, 2.05) is 0 Å². The van der Waals surface area contributed by atoms with Gasteiger partial charge in [0.25, 0.3) is 5.91 Å². The minimum Gasteiger partial charge on any atom is -0.433 e. The summed E-state index contributed by atoms with van der Waals surface area (Å²) in [6.07, 6.45) is -3.18. The lowest BCUT2D eigenvalue weighted by Gasteiger charge is -2.31. The van der Waals surface area contributed by atoms with E-state index < -0.39 is 42.0 Å². The molecule has 2 aromatic rings. The predicted octanol–water partition coefficient (Wildman–Crippen LogP) is 5.65. The van der Waals surface area contributed by atoms with Gasteiger partial charge in [0.2, 0.25) is 5.60 Å².